The lowest BCUT2D eigenvalue weighted by Gasteiger charge is -2.17. The molecule has 1 fully saturated rings. The zero-order valence-electron chi connectivity index (χ0n) is 9.56. The lowest BCUT2D eigenvalue weighted by Crippen LogP contribution is -2.34. The average Bonchev–Trinajstić information content (AvgIpc) is 2.54. The molecular formula is C9H15ClN4O2S. The van der Waals surface area contributed by atoms with Crippen molar-refractivity contribution in [2.24, 2.45) is 7.05 Å². The summed E-state index contributed by atoms with van der Waals surface area (Å²) in [6.07, 6.45) is 2.25. The molecule has 0 bridgehead atoms. The van der Waals surface area contributed by atoms with Gasteiger partial charge < -0.3 is 9.88 Å². The number of rotatable bonds is 2. The van der Waals surface area contributed by atoms with Gasteiger partial charge in [-0.1, -0.05) is 0 Å². The van der Waals surface area contributed by atoms with E-state index in [9.17, 15) is 8.42 Å². The number of nitrogens with one attached hydrogen (secondary N) is 1. The molecular weight excluding hydrogens is 264 g/mol. The lowest BCUT2D eigenvalue weighted by atomic mass is 10.4. The van der Waals surface area contributed by atoms with E-state index < -0.39 is 10.0 Å². The monoisotopic (exact) mass is 278 g/mol. The number of aromatic nitrogens is 2. The number of nitrogens with zero attached hydrogens (tertiary/aromatic N) is 3. The van der Waals surface area contributed by atoms with Crippen LogP contribution in [-0.4, -0.2) is 48.5 Å². The van der Waals surface area contributed by atoms with E-state index in [1.54, 1.807) is 7.05 Å². The van der Waals surface area contributed by atoms with Crippen molar-refractivity contribution in [3.05, 3.63) is 11.5 Å². The molecule has 96 valence electrons. The Bertz CT molecular complexity index is 472. The van der Waals surface area contributed by atoms with E-state index in [-0.39, 0.29) is 10.3 Å². The molecule has 1 aromatic heterocycles. The molecule has 2 heterocycles. The standard InChI is InChI=1S/C9H15ClN4O2S/c1-13-7-8(12-9(13)10)17(15,16)14-5-2-3-11-4-6-14/h7,11H,2-6H2,1H3. The van der Waals surface area contributed by atoms with Crippen LogP contribution in [0.4, 0.5) is 0 Å². The fourth-order valence-electron chi connectivity index (χ4n) is 1.74. The lowest BCUT2D eigenvalue weighted by molar-refractivity contribution is 0.430. The Morgan fingerprint density at radius 1 is 1.41 bits per heavy atom. The third-order valence-electron chi connectivity index (χ3n) is 2.70. The second-order valence-corrected chi connectivity index (χ2v) is 6.19. The predicted molar refractivity (Wildman–Crippen MR) is 64.5 cm³/mol. The van der Waals surface area contributed by atoms with Gasteiger partial charge in [0.05, 0.1) is 0 Å². The largest absolute Gasteiger partial charge is 0.323 e. The van der Waals surface area contributed by atoms with E-state index in [1.165, 1.54) is 15.1 Å². The minimum Gasteiger partial charge on any atom is -0.323 e. The molecule has 1 N–H and O–H groups in total. The predicted octanol–water partition coefficient (Wildman–Crippen LogP) is 0.0575. The number of halogens is 1. The van der Waals surface area contributed by atoms with Crippen molar-refractivity contribution in [3.63, 3.8) is 0 Å². The van der Waals surface area contributed by atoms with Crippen LogP contribution >= 0.6 is 11.6 Å². The first-order valence-electron chi connectivity index (χ1n) is 5.41. The SMILES string of the molecule is Cn1cc(S(=O)(=O)N2CCCNCC2)nc1Cl. The van der Waals surface area contributed by atoms with Gasteiger partial charge in [-0.3, -0.25) is 0 Å². The molecule has 1 aliphatic rings. The molecule has 0 aromatic carbocycles. The summed E-state index contributed by atoms with van der Waals surface area (Å²) in [4.78, 5) is 3.87. The summed E-state index contributed by atoms with van der Waals surface area (Å²) in [6.45, 7) is 2.49. The second-order valence-electron chi connectivity index (χ2n) is 3.97. The average molecular weight is 279 g/mol. The van der Waals surface area contributed by atoms with Crippen molar-refractivity contribution in [3.8, 4) is 0 Å². The van der Waals surface area contributed by atoms with Crippen LogP contribution in [-0.2, 0) is 17.1 Å². The highest BCUT2D eigenvalue weighted by Gasteiger charge is 2.27. The van der Waals surface area contributed by atoms with Crippen molar-refractivity contribution in [2.45, 2.75) is 11.4 Å². The summed E-state index contributed by atoms with van der Waals surface area (Å²) in [7, 11) is -1.85. The summed E-state index contributed by atoms with van der Waals surface area (Å²) in [5.74, 6) is 0. The molecule has 1 aliphatic heterocycles. The summed E-state index contributed by atoms with van der Waals surface area (Å²) in [5, 5.41) is 3.36. The van der Waals surface area contributed by atoms with Crippen LogP contribution in [0.15, 0.2) is 11.2 Å². The van der Waals surface area contributed by atoms with Gasteiger partial charge >= 0.3 is 0 Å². The van der Waals surface area contributed by atoms with Gasteiger partial charge in [0.1, 0.15) is 0 Å². The van der Waals surface area contributed by atoms with E-state index in [4.69, 9.17) is 11.6 Å². The first-order valence-corrected chi connectivity index (χ1v) is 7.23. The normalized spacial score (nSPS) is 19.2. The topological polar surface area (TPSA) is 67.2 Å². The van der Waals surface area contributed by atoms with Gasteiger partial charge in [-0.25, -0.2) is 13.4 Å². The molecule has 6 nitrogen and oxygen atoms in total. The summed E-state index contributed by atoms with van der Waals surface area (Å²) in [6, 6.07) is 0. The first-order chi connectivity index (χ1) is 8.01. The highest BCUT2D eigenvalue weighted by molar-refractivity contribution is 7.89. The Kier molecular flexibility index (Phi) is 3.72. The third kappa shape index (κ3) is 2.62. The van der Waals surface area contributed by atoms with Crippen molar-refractivity contribution < 1.29 is 8.42 Å². The van der Waals surface area contributed by atoms with Gasteiger partial charge in [-0.15, -0.1) is 0 Å². The third-order valence-corrected chi connectivity index (χ3v) is 4.82. The van der Waals surface area contributed by atoms with Crippen LogP contribution in [0.5, 0.6) is 0 Å². The summed E-state index contributed by atoms with van der Waals surface area (Å²) < 4.78 is 27.5. The van der Waals surface area contributed by atoms with Crippen LogP contribution < -0.4 is 5.32 Å². The molecule has 0 saturated carbocycles. The maximum atomic E-state index is 12.3. The number of hydrogen-bond acceptors (Lipinski definition) is 4. The second kappa shape index (κ2) is 4.93. The van der Waals surface area contributed by atoms with Gasteiger partial charge in [0.25, 0.3) is 10.0 Å². The fraction of sp³-hybridized carbons (Fsp3) is 0.667. The first kappa shape index (κ1) is 12.8. The Labute approximate surface area is 106 Å². The minimum absolute atomic E-state index is 0.0203. The van der Waals surface area contributed by atoms with Gasteiger partial charge in [0.2, 0.25) is 5.28 Å². The van der Waals surface area contributed by atoms with Crippen LogP contribution in [0, 0.1) is 0 Å². The molecule has 0 aliphatic carbocycles. The highest BCUT2D eigenvalue weighted by Crippen LogP contribution is 2.17. The van der Waals surface area contributed by atoms with E-state index in [0.29, 0.717) is 19.6 Å². The molecule has 1 saturated heterocycles. The number of aryl methyl sites for hydroxylation is 1. The molecule has 0 amide bonds. The van der Waals surface area contributed by atoms with Gasteiger partial charge in [-0.05, 0) is 24.6 Å². The van der Waals surface area contributed by atoms with Crippen LogP contribution in [0.25, 0.3) is 0 Å². The van der Waals surface area contributed by atoms with Crippen LogP contribution in [0.2, 0.25) is 5.28 Å². The molecule has 8 heteroatoms. The molecule has 0 radical (unpaired) electrons. The zero-order chi connectivity index (χ0) is 12.5. The zero-order valence-corrected chi connectivity index (χ0v) is 11.1. The van der Waals surface area contributed by atoms with E-state index in [1.807, 2.05) is 0 Å². The molecule has 0 atom stereocenters. The van der Waals surface area contributed by atoms with Crippen molar-refractivity contribution in [1.82, 2.24) is 19.2 Å². The van der Waals surface area contributed by atoms with Crippen LogP contribution in [0.1, 0.15) is 6.42 Å². The van der Waals surface area contributed by atoms with E-state index in [2.05, 4.69) is 10.3 Å². The van der Waals surface area contributed by atoms with Gasteiger partial charge in [0, 0.05) is 32.9 Å². The molecule has 0 spiro atoms. The minimum atomic E-state index is -3.51. The fourth-order valence-corrected chi connectivity index (χ4v) is 3.38. The van der Waals surface area contributed by atoms with E-state index >= 15 is 0 Å². The van der Waals surface area contributed by atoms with E-state index in [0.717, 1.165) is 13.0 Å². The summed E-state index contributed by atoms with van der Waals surface area (Å²) in [5.41, 5.74) is 0. The summed E-state index contributed by atoms with van der Waals surface area (Å²) >= 11 is 5.76. The Balaban J connectivity index is 2.28. The Morgan fingerprint density at radius 3 is 2.82 bits per heavy atom. The Morgan fingerprint density at radius 2 is 2.18 bits per heavy atom. The van der Waals surface area contributed by atoms with Gasteiger partial charge in [0.15, 0.2) is 5.03 Å². The molecule has 2 rings (SSSR count). The van der Waals surface area contributed by atoms with Crippen molar-refractivity contribution >= 4 is 21.6 Å². The maximum absolute atomic E-state index is 12.3. The number of hydrogen-bond donors (Lipinski definition) is 1. The molecule has 17 heavy (non-hydrogen) atoms. The number of imidazole rings is 1. The quantitative estimate of drug-likeness (QED) is 0.831. The number of sulfonamides is 1. The molecule has 0 unspecified atom stereocenters. The van der Waals surface area contributed by atoms with Crippen molar-refractivity contribution in [1.29, 1.82) is 0 Å². The van der Waals surface area contributed by atoms with Crippen molar-refractivity contribution in [2.75, 3.05) is 26.2 Å². The van der Waals surface area contributed by atoms with Crippen LogP contribution in [0.3, 0.4) is 0 Å². The van der Waals surface area contributed by atoms with Gasteiger partial charge in [-0.2, -0.15) is 4.31 Å². The smallest absolute Gasteiger partial charge is 0.262 e. The Hall–Kier alpha value is -0.630. The maximum Gasteiger partial charge on any atom is 0.262 e. The molecule has 1 aromatic rings. The highest BCUT2D eigenvalue weighted by atomic mass is 35.5.